The van der Waals surface area contributed by atoms with Crippen molar-refractivity contribution in [3.8, 4) is 0 Å². The molecule has 0 radical (unpaired) electrons. The fourth-order valence-electron chi connectivity index (χ4n) is 1.60. The van der Waals surface area contributed by atoms with Gasteiger partial charge in [0.1, 0.15) is 0 Å². The average molecular weight is 289 g/mol. The third-order valence-corrected chi connectivity index (χ3v) is 5.96. The third kappa shape index (κ3) is 3.59. The van der Waals surface area contributed by atoms with Crippen LogP contribution in [0.5, 0.6) is 0 Å². The second kappa shape index (κ2) is 6.58. The monoisotopic (exact) mass is 288 g/mol. The summed E-state index contributed by atoms with van der Waals surface area (Å²) >= 11 is 11.5. The Kier molecular flexibility index (Phi) is 6.06. The quantitative estimate of drug-likeness (QED) is 0.624. The highest BCUT2D eigenvalue weighted by Gasteiger charge is 2.38. The summed E-state index contributed by atoms with van der Waals surface area (Å²) in [6, 6.07) is -0.0153. The van der Waals surface area contributed by atoms with Crippen molar-refractivity contribution in [2.45, 2.75) is 32.4 Å². The van der Waals surface area contributed by atoms with Gasteiger partial charge in [0, 0.05) is 30.4 Å². The Balaban J connectivity index is 2.75. The maximum absolute atomic E-state index is 12.6. The van der Waals surface area contributed by atoms with Crippen LogP contribution in [-0.2, 0) is 9.09 Å². The summed E-state index contributed by atoms with van der Waals surface area (Å²) in [5.74, 6) is 0.834. The van der Waals surface area contributed by atoms with Crippen molar-refractivity contribution in [2.24, 2.45) is 0 Å². The molecule has 0 saturated carbocycles. The predicted octanol–water partition coefficient (Wildman–Crippen LogP) is 2.66. The van der Waals surface area contributed by atoms with Gasteiger partial charge < -0.3 is 4.52 Å². The first kappa shape index (κ1) is 14.7. The van der Waals surface area contributed by atoms with E-state index in [0.29, 0.717) is 18.4 Å². The number of nitrogens with one attached hydrogen (secondary N) is 1. The highest BCUT2D eigenvalue weighted by molar-refractivity contribution is 7.54. The summed E-state index contributed by atoms with van der Waals surface area (Å²) < 4.78 is 19.9. The summed E-state index contributed by atoms with van der Waals surface area (Å²) in [7, 11) is -2.95. The number of alkyl halides is 2. The standard InChI is InChI=1S/C9H19Cl2N2O2P/c1-8(6-10)12-16(14)13(9(2)7-11)4-3-5-15-16/h8-9H,3-7H2,1-2H3,(H,12,14). The van der Waals surface area contributed by atoms with Crippen LogP contribution in [0.4, 0.5) is 0 Å². The van der Waals surface area contributed by atoms with Crippen LogP contribution in [0.25, 0.3) is 0 Å². The van der Waals surface area contributed by atoms with Gasteiger partial charge in [0.05, 0.1) is 6.61 Å². The zero-order valence-electron chi connectivity index (χ0n) is 9.66. The fraction of sp³-hybridized carbons (Fsp3) is 1.00. The van der Waals surface area contributed by atoms with Gasteiger partial charge in [-0.3, -0.25) is 4.57 Å². The largest absolute Gasteiger partial charge is 0.343 e. The van der Waals surface area contributed by atoms with Crippen LogP contribution in [0.3, 0.4) is 0 Å². The van der Waals surface area contributed by atoms with Crippen LogP contribution < -0.4 is 5.09 Å². The van der Waals surface area contributed by atoms with Gasteiger partial charge in [0.25, 0.3) is 0 Å². The first-order valence-corrected chi connectivity index (χ1v) is 8.09. The van der Waals surface area contributed by atoms with Crippen LogP contribution in [0.15, 0.2) is 0 Å². The second-order valence-corrected chi connectivity index (χ2v) is 6.75. The molecular weight excluding hydrogens is 270 g/mol. The van der Waals surface area contributed by atoms with Crippen molar-refractivity contribution in [1.29, 1.82) is 0 Å². The lowest BCUT2D eigenvalue weighted by Crippen LogP contribution is -2.43. The molecule has 1 saturated heterocycles. The minimum atomic E-state index is -2.95. The molecule has 16 heavy (non-hydrogen) atoms. The average Bonchev–Trinajstić information content (AvgIpc) is 2.28. The van der Waals surface area contributed by atoms with E-state index in [1.54, 1.807) is 0 Å². The van der Waals surface area contributed by atoms with Crippen molar-refractivity contribution in [3.63, 3.8) is 0 Å². The maximum atomic E-state index is 12.6. The van der Waals surface area contributed by atoms with Gasteiger partial charge in [-0.1, -0.05) is 0 Å². The van der Waals surface area contributed by atoms with Gasteiger partial charge in [-0.2, -0.15) is 0 Å². The molecule has 1 aliphatic rings. The van der Waals surface area contributed by atoms with E-state index in [1.807, 2.05) is 18.5 Å². The second-order valence-electron chi connectivity index (χ2n) is 4.06. The lowest BCUT2D eigenvalue weighted by atomic mass is 10.3. The Hall–Kier alpha value is 0.690. The molecular formula is C9H19Cl2N2O2P. The molecule has 3 atom stereocenters. The van der Waals surface area contributed by atoms with Crippen molar-refractivity contribution in [1.82, 2.24) is 9.76 Å². The Labute approximate surface area is 107 Å². The molecule has 1 aliphatic heterocycles. The Morgan fingerprint density at radius 1 is 1.44 bits per heavy atom. The van der Waals surface area contributed by atoms with Crippen LogP contribution in [0.2, 0.25) is 0 Å². The van der Waals surface area contributed by atoms with Crippen molar-refractivity contribution in [3.05, 3.63) is 0 Å². The zero-order chi connectivity index (χ0) is 12.2. The first-order valence-electron chi connectivity index (χ1n) is 5.45. The van der Waals surface area contributed by atoms with Crippen molar-refractivity contribution in [2.75, 3.05) is 24.9 Å². The molecule has 0 bridgehead atoms. The summed E-state index contributed by atoms with van der Waals surface area (Å²) in [5, 5.41) is 2.98. The zero-order valence-corrected chi connectivity index (χ0v) is 12.1. The fourth-order valence-corrected chi connectivity index (χ4v) is 4.45. The predicted molar refractivity (Wildman–Crippen MR) is 68.4 cm³/mol. The van der Waals surface area contributed by atoms with Crippen molar-refractivity contribution < 1.29 is 9.09 Å². The Morgan fingerprint density at radius 3 is 2.69 bits per heavy atom. The molecule has 7 heteroatoms. The van der Waals surface area contributed by atoms with E-state index in [9.17, 15) is 4.57 Å². The smallest absolute Gasteiger partial charge is 0.306 e. The minimum absolute atomic E-state index is 0.0304. The molecule has 3 unspecified atom stereocenters. The highest BCUT2D eigenvalue weighted by Crippen LogP contribution is 2.51. The third-order valence-electron chi connectivity index (χ3n) is 2.48. The van der Waals surface area contributed by atoms with E-state index in [2.05, 4.69) is 5.09 Å². The summed E-state index contributed by atoms with van der Waals surface area (Å²) in [6.45, 7) is 5.09. The number of hydrogen-bond acceptors (Lipinski definition) is 2. The number of halogens is 2. The molecule has 1 N–H and O–H groups in total. The molecule has 0 aromatic carbocycles. The maximum Gasteiger partial charge on any atom is 0.343 e. The van der Waals surface area contributed by atoms with E-state index in [-0.39, 0.29) is 12.1 Å². The van der Waals surface area contributed by atoms with Gasteiger partial charge in [-0.15, -0.1) is 23.2 Å². The van der Waals surface area contributed by atoms with Gasteiger partial charge in [0.15, 0.2) is 0 Å². The normalized spacial score (nSPS) is 31.2. The van der Waals surface area contributed by atoms with Gasteiger partial charge in [-0.25, -0.2) is 9.76 Å². The van der Waals surface area contributed by atoms with Gasteiger partial charge in [-0.05, 0) is 20.3 Å². The Bertz CT molecular complexity index is 268. The van der Waals surface area contributed by atoms with Crippen LogP contribution in [-0.4, -0.2) is 41.7 Å². The van der Waals surface area contributed by atoms with Gasteiger partial charge >= 0.3 is 7.67 Å². The first-order chi connectivity index (χ1) is 7.53. The summed E-state index contributed by atoms with van der Waals surface area (Å²) in [6.07, 6.45) is 0.877. The topological polar surface area (TPSA) is 41.6 Å². The van der Waals surface area contributed by atoms with E-state index >= 15 is 0 Å². The van der Waals surface area contributed by atoms with E-state index < -0.39 is 7.67 Å². The summed E-state index contributed by atoms with van der Waals surface area (Å²) in [4.78, 5) is 0. The molecule has 0 aromatic rings. The molecule has 4 nitrogen and oxygen atoms in total. The number of nitrogens with zero attached hydrogens (tertiary/aromatic N) is 1. The lowest BCUT2D eigenvalue weighted by Gasteiger charge is -2.39. The number of rotatable bonds is 5. The van der Waals surface area contributed by atoms with E-state index in [4.69, 9.17) is 27.7 Å². The molecule has 0 spiro atoms. The van der Waals surface area contributed by atoms with E-state index in [0.717, 1.165) is 13.0 Å². The van der Waals surface area contributed by atoms with Crippen LogP contribution >= 0.6 is 30.9 Å². The molecule has 0 amide bonds. The molecule has 1 rings (SSSR count). The van der Waals surface area contributed by atoms with Crippen LogP contribution in [0.1, 0.15) is 20.3 Å². The molecule has 1 fully saturated rings. The molecule has 1 heterocycles. The number of hydrogen-bond donors (Lipinski definition) is 1. The van der Waals surface area contributed by atoms with Crippen LogP contribution in [0, 0.1) is 0 Å². The SMILES string of the molecule is CC(CCl)NP1(=O)OCCCN1C(C)CCl. The summed E-state index contributed by atoms with van der Waals surface area (Å²) in [5.41, 5.74) is 0. The highest BCUT2D eigenvalue weighted by atomic mass is 35.5. The molecule has 0 aliphatic carbocycles. The van der Waals surface area contributed by atoms with Gasteiger partial charge in [0.2, 0.25) is 0 Å². The Morgan fingerprint density at radius 2 is 2.12 bits per heavy atom. The molecule has 0 aromatic heterocycles. The minimum Gasteiger partial charge on any atom is -0.306 e. The van der Waals surface area contributed by atoms with E-state index in [1.165, 1.54) is 0 Å². The lowest BCUT2D eigenvalue weighted by molar-refractivity contribution is 0.179. The molecule has 96 valence electrons. The van der Waals surface area contributed by atoms with Crippen molar-refractivity contribution >= 4 is 30.9 Å².